The molecule has 0 unspecified atom stereocenters. The van der Waals surface area contributed by atoms with Crippen LogP contribution >= 0.6 is 0 Å². The van der Waals surface area contributed by atoms with Crippen LogP contribution in [-0.4, -0.2) is 18.9 Å². The standard InChI is InChI=1S/C28H16N4/c1-2-7-22-19(6-1)20-10-11-25-27-26-23(8-3-9-24(26)32(22)28(20)27)31(25)18-12-14-30-21(15-18)17-5-4-13-29-16-17/h1-16H. The first kappa shape index (κ1) is 16.3. The number of hydrogen-bond acceptors (Lipinski definition) is 2. The SMILES string of the molecule is c1cncc(-c2cc(-n3c4cccc5c4c4c3ccc3c6ccccc6n5c34)ccn2)c1. The maximum Gasteiger partial charge on any atom is 0.0738 e. The van der Waals surface area contributed by atoms with E-state index in [0.29, 0.717) is 0 Å². The molecule has 32 heavy (non-hydrogen) atoms. The van der Waals surface area contributed by atoms with Crippen LogP contribution in [0.4, 0.5) is 0 Å². The average Bonchev–Trinajstić information content (AvgIpc) is 3.50. The first-order valence-electron chi connectivity index (χ1n) is 10.8. The normalized spacial score (nSPS) is 12.4. The van der Waals surface area contributed by atoms with E-state index in [1.807, 2.05) is 24.5 Å². The van der Waals surface area contributed by atoms with Crippen LogP contribution in [0.1, 0.15) is 0 Å². The number of hydrogen-bond donors (Lipinski definition) is 0. The van der Waals surface area contributed by atoms with Crippen molar-refractivity contribution in [2.24, 2.45) is 0 Å². The quantitative estimate of drug-likeness (QED) is 0.320. The van der Waals surface area contributed by atoms with E-state index in [-0.39, 0.29) is 0 Å². The molecule has 0 spiro atoms. The summed E-state index contributed by atoms with van der Waals surface area (Å²) in [4.78, 5) is 8.88. The Hall–Kier alpha value is -4.44. The Balaban J connectivity index is 1.53. The van der Waals surface area contributed by atoms with Gasteiger partial charge in [0.05, 0.1) is 33.3 Å². The Bertz CT molecular complexity index is 1920. The molecule has 0 amide bonds. The van der Waals surface area contributed by atoms with E-state index in [1.165, 1.54) is 49.1 Å². The third-order valence-corrected chi connectivity index (χ3v) is 6.77. The van der Waals surface area contributed by atoms with Crippen molar-refractivity contribution in [3.63, 3.8) is 0 Å². The van der Waals surface area contributed by atoms with Crippen LogP contribution in [0.25, 0.3) is 66.1 Å². The molecule has 0 aliphatic carbocycles. The van der Waals surface area contributed by atoms with Gasteiger partial charge in [-0.1, -0.05) is 30.3 Å². The fraction of sp³-hybridized carbons (Fsp3) is 0. The molecular weight excluding hydrogens is 392 g/mol. The van der Waals surface area contributed by atoms with Gasteiger partial charge in [-0.25, -0.2) is 0 Å². The van der Waals surface area contributed by atoms with Crippen molar-refractivity contribution >= 4 is 49.1 Å². The molecule has 0 saturated heterocycles. The summed E-state index contributed by atoms with van der Waals surface area (Å²) in [6.07, 6.45) is 5.54. The number of pyridine rings is 2. The summed E-state index contributed by atoms with van der Waals surface area (Å²) in [5.41, 5.74) is 9.36. The second-order valence-corrected chi connectivity index (χ2v) is 8.36. The van der Waals surface area contributed by atoms with Crippen molar-refractivity contribution in [1.82, 2.24) is 18.9 Å². The van der Waals surface area contributed by atoms with E-state index in [1.54, 1.807) is 6.20 Å². The Morgan fingerprint density at radius 3 is 2.44 bits per heavy atom. The zero-order valence-corrected chi connectivity index (χ0v) is 17.0. The van der Waals surface area contributed by atoms with Gasteiger partial charge in [0.15, 0.2) is 0 Å². The Kier molecular flexibility index (Phi) is 2.86. The molecule has 0 fully saturated rings. The van der Waals surface area contributed by atoms with Gasteiger partial charge in [-0.05, 0) is 48.5 Å². The van der Waals surface area contributed by atoms with Crippen molar-refractivity contribution in [3.05, 3.63) is 97.5 Å². The Morgan fingerprint density at radius 1 is 0.625 bits per heavy atom. The second kappa shape index (κ2) is 5.62. The molecule has 0 N–H and O–H groups in total. The topological polar surface area (TPSA) is 35.1 Å². The first-order valence-corrected chi connectivity index (χ1v) is 10.8. The molecule has 8 rings (SSSR count). The smallest absolute Gasteiger partial charge is 0.0738 e. The van der Waals surface area contributed by atoms with Crippen molar-refractivity contribution in [3.8, 4) is 16.9 Å². The molecule has 3 aromatic carbocycles. The van der Waals surface area contributed by atoms with Crippen LogP contribution in [-0.2, 0) is 0 Å². The lowest BCUT2D eigenvalue weighted by molar-refractivity contribution is 1.15. The van der Waals surface area contributed by atoms with Gasteiger partial charge in [-0.15, -0.1) is 0 Å². The molecule has 0 aliphatic rings. The number of aromatic nitrogens is 4. The monoisotopic (exact) mass is 408 g/mol. The number of nitrogens with zero attached hydrogens (tertiary/aromatic N) is 4. The molecule has 0 radical (unpaired) electrons. The van der Waals surface area contributed by atoms with Gasteiger partial charge in [0.25, 0.3) is 0 Å². The van der Waals surface area contributed by atoms with E-state index in [2.05, 4.69) is 85.7 Å². The highest BCUT2D eigenvalue weighted by Crippen LogP contribution is 2.45. The molecule has 8 aromatic rings. The lowest BCUT2D eigenvalue weighted by Crippen LogP contribution is -1.96. The lowest BCUT2D eigenvalue weighted by atomic mass is 10.1. The highest BCUT2D eigenvalue weighted by molar-refractivity contribution is 6.32. The van der Waals surface area contributed by atoms with Crippen LogP contribution in [0.3, 0.4) is 0 Å². The van der Waals surface area contributed by atoms with E-state index >= 15 is 0 Å². The number of para-hydroxylation sites is 1. The molecule has 0 saturated carbocycles. The van der Waals surface area contributed by atoms with Gasteiger partial charge in [0.2, 0.25) is 0 Å². The van der Waals surface area contributed by atoms with Crippen LogP contribution in [0.5, 0.6) is 0 Å². The summed E-state index contributed by atoms with van der Waals surface area (Å²) in [6, 6.07) is 28.1. The summed E-state index contributed by atoms with van der Waals surface area (Å²) >= 11 is 0. The highest BCUT2D eigenvalue weighted by atomic mass is 15.0. The summed E-state index contributed by atoms with van der Waals surface area (Å²) in [5.74, 6) is 0. The third-order valence-electron chi connectivity index (χ3n) is 6.77. The average molecular weight is 408 g/mol. The van der Waals surface area contributed by atoms with Crippen LogP contribution < -0.4 is 0 Å². The van der Waals surface area contributed by atoms with E-state index in [4.69, 9.17) is 0 Å². The molecule has 4 nitrogen and oxygen atoms in total. The highest BCUT2D eigenvalue weighted by Gasteiger charge is 2.24. The number of benzene rings is 3. The van der Waals surface area contributed by atoms with Crippen LogP contribution in [0.2, 0.25) is 0 Å². The van der Waals surface area contributed by atoms with E-state index in [0.717, 1.165) is 16.9 Å². The predicted molar refractivity (Wildman–Crippen MR) is 130 cm³/mol. The number of fused-ring (bicyclic) bond motifs is 4. The fourth-order valence-electron chi connectivity index (χ4n) is 5.53. The van der Waals surface area contributed by atoms with Crippen molar-refractivity contribution in [1.29, 1.82) is 0 Å². The molecule has 0 bridgehead atoms. The molecule has 5 aromatic heterocycles. The maximum atomic E-state index is 4.61. The zero-order valence-electron chi connectivity index (χ0n) is 17.0. The van der Waals surface area contributed by atoms with Gasteiger partial charge < -0.3 is 8.97 Å². The minimum Gasteiger partial charge on any atom is -0.309 e. The molecule has 148 valence electrons. The molecule has 5 heterocycles. The largest absolute Gasteiger partial charge is 0.309 e. The van der Waals surface area contributed by atoms with Crippen molar-refractivity contribution in [2.75, 3.05) is 0 Å². The van der Waals surface area contributed by atoms with Gasteiger partial charge in [0, 0.05) is 51.4 Å². The van der Waals surface area contributed by atoms with Crippen molar-refractivity contribution in [2.45, 2.75) is 0 Å². The minimum atomic E-state index is 0.925. The number of rotatable bonds is 2. The second-order valence-electron chi connectivity index (χ2n) is 8.36. The van der Waals surface area contributed by atoms with Gasteiger partial charge >= 0.3 is 0 Å². The maximum absolute atomic E-state index is 4.61. The van der Waals surface area contributed by atoms with E-state index in [9.17, 15) is 0 Å². The van der Waals surface area contributed by atoms with Gasteiger partial charge in [-0.2, -0.15) is 0 Å². The summed E-state index contributed by atoms with van der Waals surface area (Å²) in [5, 5.41) is 5.29. The minimum absolute atomic E-state index is 0.925. The molecule has 0 aliphatic heterocycles. The zero-order chi connectivity index (χ0) is 20.8. The first-order chi connectivity index (χ1) is 15.9. The molecule has 4 heteroatoms. The summed E-state index contributed by atoms with van der Waals surface area (Å²) < 4.78 is 4.81. The Morgan fingerprint density at radius 2 is 1.50 bits per heavy atom. The Labute approximate surface area is 182 Å². The summed E-state index contributed by atoms with van der Waals surface area (Å²) in [7, 11) is 0. The summed E-state index contributed by atoms with van der Waals surface area (Å²) in [6.45, 7) is 0. The lowest BCUT2D eigenvalue weighted by Gasteiger charge is -2.10. The van der Waals surface area contributed by atoms with E-state index < -0.39 is 0 Å². The predicted octanol–water partition coefficient (Wildman–Crippen LogP) is 6.68. The molecule has 0 atom stereocenters. The fourth-order valence-corrected chi connectivity index (χ4v) is 5.53. The third kappa shape index (κ3) is 1.84. The van der Waals surface area contributed by atoms with Crippen molar-refractivity contribution < 1.29 is 0 Å². The van der Waals surface area contributed by atoms with Gasteiger partial charge in [-0.3, -0.25) is 9.97 Å². The molecular formula is C28H16N4. The van der Waals surface area contributed by atoms with Gasteiger partial charge in [0.1, 0.15) is 0 Å². The van der Waals surface area contributed by atoms with Crippen LogP contribution in [0, 0.1) is 0 Å². The van der Waals surface area contributed by atoms with Crippen LogP contribution in [0.15, 0.2) is 97.5 Å².